The molecule has 0 saturated carbocycles. The second kappa shape index (κ2) is 10.8. The summed E-state index contributed by atoms with van der Waals surface area (Å²) in [7, 11) is 0. The highest BCUT2D eigenvalue weighted by molar-refractivity contribution is 6.34. The van der Waals surface area contributed by atoms with Crippen molar-refractivity contribution in [3.8, 4) is 0 Å². The van der Waals surface area contributed by atoms with Crippen molar-refractivity contribution in [3.05, 3.63) is 94.8 Å². The molecule has 1 atom stereocenters. The molecule has 3 heterocycles. The molecule has 3 aromatic rings. The van der Waals surface area contributed by atoms with E-state index in [0.29, 0.717) is 36.2 Å². The van der Waals surface area contributed by atoms with E-state index in [4.69, 9.17) is 0 Å². The van der Waals surface area contributed by atoms with Crippen LogP contribution in [0.1, 0.15) is 35.2 Å². The molecular weight excluding hydrogens is 490 g/mol. The first-order valence-electron chi connectivity index (χ1n) is 12.4. The molecule has 1 aromatic heterocycles. The molecule has 38 heavy (non-hydrogen) atoms. The van der Waals surface area contributed by atoms with Crippen LogP contribution in [0, 0.1) is 17.6 Å². The van der Waals surface area contributed by atoms with Gasteiger partial charge in [-0.3, -0.25) is 14.4 Å². The molecule has 0 radical (unpaired) electrons. The van der Waals surface area contributed by atoms with Crippen molar-refractivity contribution in [2.45, 2.75) is 19.4 Å². The molecule has 3 amide bonds. The highest BCUT2D eigenvalue weighted by atomic mass is 19.2. The van der Waals surface area contributed by atoms with Crippen LogP contribution < -0.4 is 10.6 Å². The third-order valence-electron chi connectivity index (χ3n) is 6.66. The number of halogens is 2. The number of hydrogen-bond acceptors (Lipinski definition) is 3. The number of carbonyl (C=O) groups excluding carboxylic acids is 3. The summed E-state index contributed by atoms with van der Waals surface area (Å²) in [6, 6.07) is 12.9. The Morgan fingerprint density at radius 1 is 1.11 bits per heavy atom. The standard InChI is InChI=1S/C29H26F2N4O3/c30-24-10-8-19(14-25(24)31)17-35-13-3-6-22(29(35)38)27(36)33-12-1-4-18-7-9-21-23(16-20-5-2-11-32-20)28(37)34-26(21)15-18/h1-2,4-5,7-11,14-16,22,32H,3,6,12-13,17H2,(H,33,36)(H,34,37). The van der Waals surface area contributed by atoms with E-state index >= 15 is 0 Å². The summed E-state index contributed by atoms with van der Waals surface area (Å²) < 4.78 is 26.7. The van der Waals surface area contributed by atoms with Crippen molar-refractivity contribution >= 4 is 41.1 Å². The van der Waals surface area contributed by atoms with Crippen molar-refractivity contribution < 1.29 is 23.2 Å². The zero-order valence-electron chi connectivity index (χ0n) is 20.5. The van der Waals surface area contributed by atoms with Crippen LogP contribution in [0.15, 0.2) is 60.8 Å². The summed E-state index contributed by atoms with van der Waals surface area (Å²) in [6.07, 6.45) is 8.28. The van der Waals surface area contributed by atoms with Gasteiger partial charge in [0.15, 0.2) is 11.6 Å². The Bertz CT molecular complexity index is 1450. The summed E-state index contributed by atoms with van der Waals surface area (Å²) in [4.78, 5) is 42.6. The van der Waals surface area contributed by atoms with E-state index in [9.17, 15) is 23.2 Å². The van der Waals surface area contributed by atoms with Gasteiger partial charge in [-0.15, -0.1) is 0 Å². The maximum absolute atomic E-state index is 13.5. The van der Waals surface area contributed by atoms with Gasteiger partial charge in [0.25, 0.3) is 5.91 Å². The molecule has 0 bridgehead atoms. The van der Waals surface area contributed by atoms with Crippen LogP contribution in [0.5, 0.6) is 0 Å². The van der Waals surface area contributed by atoms with Crippen molar-refractivity contribution in [2.24, 2.45) is 5.92 Å². The normalized spacial score (nSPS) is 18.2. The molecule has 0 aliphatic carbocycles. The predicted molar refractivity (Wildman–Crippen MR) is 140 cm³/mol. The fraction of sp³-hybridized carbons (Fsp3) is 0.207. The number of H-pyrrole nitrogens is 1. The minimum Gasteiger partial charge on any atom is -0.362 e. The van der Waals surface area contributed by atoms with E-state index in [1.807, 2.05) is 36.4 Å². The SMILES string of the molecule is O=C1Nc2cc(C=CCNC(=O)C3CCCN(Cc4ccc(F)c(F)c4)C3=O)ccc2C1=Cc1ccc[nH]1. The summed E-state index contributed by atoms with van der Waals surface area (Å²) in [5, 5.41) is 5.66. The van der Waals surface area contributed by atoms with Crippen LogP contribution in [0.3, 0.4) is 0 Å². The highest BCUT2D eigenvalue weighted by Gasteiger charge is 2.34. The summed E-state index contributed by atoms with van der Waals surface area (Å²) in [5.41, 5.74) is 4.28. The number of aromatic nitrogens is 1. The lowest BCUT2D eigenvalue weighted by Gasteiger charge is -2.31. The zero-order chi connectivity index (χ0) is 26.6. The predicted octanol–water partition coefficient (Wildman–Crippen LogP) is 4.35. The number of hydrogen-bond donors (Lipinski definition) is 3. The summed E-state index contributed by atoms with van der Waals surface area (Å²) >= 11 is 0. The van der Waals surface area contributed by atoms with Crippen molar-refractivity contribution in [1.82, 2.24) is 15.2 Å². The van der Waals surface area contributed by atoms with Crippen molar-refractivity contribution in [3.63, 3.8) is 0 Å². The van der Waals surface area contributed by atoms with Gasteiger partial charge in [-0.25, -0.2) is 8.78 Å². The molecule has 1 unspecified atom stereocenters. The second-order valence-electron chi connectivity index (χ2n) is 9.29. The number of nitrogens with zero attached hydrogens (tertiary/aromatic N) is 1. The number of carbonyl (C=O) groups is 3. The van der Waals surface area contributed by atoms with E-state index in [2.05, 4.69) is 15.6 Å². The van der Waals surface area contributed by atoms with E-state index in [1.54, 1.807) is 18.3 Å². The largest absolute Gasteiger partial charge is 0.362 e. The van der Waals surface area contributed by atoms with Gasteiger partial charge in [0, 0.05) is 42.8 Å². The third-order valence-corrected chi connectivity index (χ3v) is 6.66. The number of aromatic amines is 1. The number of amides is 3. The maximum Gasteiger partial charge on any atom is 0.256 e. The van der Waals surface area contributed by atoms with Gasteiger partial charge in [-0.05, 0) is 60.4 Å². The molecule has 7 nitrogen and oxygen atoms in total. The minimum atomic E-state index is -0.965. The first kappa shape index (κ1) is 25.1. The Morgan fingerprint density at radius 2 is 1.97 bits per heavy atom. The van der Waals surface area contributed by atoms with Crippen molar-refractivity contribution in [1.29, 1.82) is 0 Å². The number of likely N-dealkylation sites (tertiary alicyclic amines) is 1. The molecule has 0 spiro atoms. The molecular formula is C29H26F2N4O3. The lowest BCUT2D eigenvalue weighted by molar-refractivity contribution is -0.145. The van der Waals surface area contributed by atoms with E-state index in [1.165, 1.54) is 11.0 Å². The van der Waals surface area contributed by atoms with Gasteiger partial charge >= 0.3 is 0 Å². The highest BCUT2D eigenvalue weighted by Crippen LogP contribution is 2.34. The average molecular weight is 517 g/mol. The number of rotatable bonds is 7. The maximum atomic E-state index is 13.5. The average Bonchev–Trinajstić information content (AvgIpc) is 3.53. The lowest BCUT2D eigenvalue weighted by atomic mass is 9.95. The zero-order valence-corrected chi connectivity index (χ0v) is 20.5. The number of piperidine rings is 1. The Hall–Kier alpha value is -4.53. The molecule has 9 heteroatoms. The molecule has 2 aromatic carbocycles. The van der Waals surface area contributed by atoms with E-state index < -0.39 is 17.6 Å². The summed E-state index contributed by atoms with van der Waals surface area (Å²) in [6.45, 7) is 0.808. The van der Waals surface area contributed by atoms with Crippen LogP contribution in [0.4, 0.5) is 14.5 Å². The molecule has 2 aliphatic heterocycles. The second-order valence-corrected chi connectivity index (χ2v) is 9.29. The Morgan fingerprint density at radius 3 is 2.76 bits per heavy atom. The quantitative estimate of drug-likeness (QED) is 0.322. The van der Waals surface area contributed by atoms with Gasteiger partial charge in [-0.1, -0.05) is 30.4 Å². The summed E-state index contributed by atoms with van der Waals surface area (Å²) in [5.74, 6) is -3.58. The number of nitrogens with one attached hydrogen (secondary N) is 3. The van der Waals surface area contributed by atoms with Crippen LogP contribution in [0.2, 0.25) is 0 Å². The number of fused-ring (bicyclic) bond motifs is 1. The van der Waals surface area contributed by atoms with Gasteiger partial charge in [0.05, 0.1) is 5.57 Å². The minimum absolute atomic E-state index is 0.122. The van der Waals surface area contributed by atoms with Crippen molar-refractivity contribution in [2.75, 3.05) is 18.4 Å². The molecule has 1 saturated heterocycles. The molecule has 2 aliphatic rings. The molecule has 3 N–H and O–H groups in total. The topological polar surface area (TPSA) is 94.3 Å². The first-order chi connectivity index (χ1) is 18.4. The van der Waals surface area contributed by atoms with Crippen LogP contribution in [-0.4, -0.2) is 40.7 Å². The van der Waals surface area contributed by atoms with E-state index in [-0.39, 0.29) is 30.8 Å². The van der Waals surface area contributed by atoms with Crippen LogP contribution >= 0.6 is 0 Å². The Balaban J connectivity index is 1.16. The number of anilines is 1. The molecule has 194 valence electrons. The first-order valence-corrected chi connectivity index (χ1v) is 12.4. The monoisotopic (exact) mass is 516 g/mol. The van der Waals surface area contributed by atoms with Gasteiger partial charge in [-0.2, -0.15) is 0 Å². The van der Waals surface area contributed by atoms with Gasteiger partial charge in [0.2, 0.25) is 11.8 Å². The Kier molecular flexibility index (Phi) is 7.17. The van der Waals surface area contributed by atoms with Gasteiger partial charge < -0.3 is 20.5 Å². The van der Waals surface area contributed by atoms with Gasteiger partial charge in [0.1, 0.15) is 5.92 Å². The lowest BCUT2D eigenvalue weighted by Crippen LogP contribution is -2.47. The third kappa shape index (κ3) is 5.41. The fourth-order valence-corrected chi connectivity index (χ4v) is 4.73. The smallest absolute Gasteiger partial charge is 0.256 e. The van der Waals surface area contributed by atoms with E-state index in [0.717, 1.165) is 29.0 Å². The van der Waals surface area contributed by atoms with Crippen LogP contribution in [0.25, 0.3) is 17.7 Å². The molecule has 1 fully saturated rings. The molecule has 5 rings (SSSR count). The Labute approximate surface area is 218 Å². The number of benzene rings is 2. The van der Waals surface area contributed by atoms with Crippen LogP contribution in [-0.2, 0) is 20.9 Å². The fourth-order valence-electron chi connectivity index (χ4n) is 4.73.